The number of carbonyl (C=O) groups excluding carboxylic acids is 3. The molecule has 0 aromatic heterocycles. The second-order valence-electron chi connectivity index (χ2n) is 11.0. The highest BCUT2D eigenvalue weighted by atomic mass is 32.2. The van der Waals surface area contributed by atoms with Gasteiger partial charge in [0.1, 0.15) is 6.04 Å². The minimum atomic E-state index is -0.881. The lowest BCUT2D eigenvalue weighted by molar-refractivity contribution is -0.145. The summed E-state index contributed by atoms with van der Waals surface area (Å²) in [7, 11) is 1.77. The highest BCUT2D eigenvalue weighted by Crippen LogP contribution is 2.61. The Morgan fingerprint density at radius 3 is 2.43 bits per heavy atom. The molecule has 7 atom stereocenters. The van der Waals surface area contributed by atoms with Gasteiger partial charge in [0.2, 0.25) is 11.8 Å². The van der Waals surface area contributed by atoms with Gasteiger partial charge in [-0.2, -0.15) is 0 Å². The number of anilines is 1. The number of likely N-dealkylation sites (tertiary alicyclic amines) is 1. The number of carbonyl (C=O) groups is 3. The number of aliphatic hydroxyl groups is 1. The van der Waals surface area contributed by atoms with E-state index in [1.54, 1.807) is 33.5 Å². The van der Waals surface area contributed by atoms with E-state index in [1.165, 1.54) is 0 Å². The Hall–Kier alpha value is -2.58. The van der Waals surface area contributed by atoms with Crippen molar-refractivity contribution >= 4 is 35.2 Å². The number of para-hydroxylation sites is 1. The lowest BCUT2D eigenvalue weighted by atomic mass is 9.78. The maximum absolute atomic E-state index is 14.7. The van der Waals surface area contributed by atoms with E-state index < -0.39 is 28.7 Å². The zero-order valence-corrected chi connectivity index (χ0v) is 23.1. The lowest BCUT2D eigenvalue weighted by Gasteiger charge is -2.40. The summed E-state index contributed by atoms with van der Waals surface area (Å²) in [5.74, 6) is -1.61. The number of benzene rings is 1. The molecule has 5 rings (SSSR count). The first kappa shape index (κ1) is 26.0. The van der Waals surface area contributed by atoms with Crippen molar-refractivity contribution in [3.8, 4) is 0 Å². The van der Waals surface area contributed by atoms with E-state index in [0.717, 1.165) is 23.2 Å². The smallest absolute Gasteiger partial charge is 0.251 e. The second-order valence-corrected chi connectivity index (χ2v) is 12.4. The Morgan fingerprint density at radius 2 is 1.78 bits per heavy atom. The van der Waals surface area contributed by atoms with Gasteiger partial charge in [0, 0.05) is 31.1 Å². The van der Waals surface area contributed by atoms with E-state index in [4.69, 9.17) is 0 Å². The summed E-state index contributed by atoms with van der Waals surface area (Å²) < 4.78 is -0.881. The predicted octanol–water partition coefficient (Wildman–Crippen LogP) is 2.94. The number of likely N-dealkylation sites (N-methyl/N-ethyl adjacent to an activating group) is 1. The van der Waals surface area contributed by atoms with Crippen LogP contribution in [0.2, 0.25) is 0 Å². The third-order valence-corrected chi connectivity index (χ3v) is 10.6. The standard InChI is InChI=1S/C29H37N3O4S/c1-6-17(2)20(16-33)32-25-28(36)31(24-18(3)10-7-11-19(24)4)15-9-13-29(25)23(27(32)35)22-21(37-29)12-8-14-30(5)26(22)34/h7-13,17,20-23,25,33H,6,14-16H2,1-5H3/t17-,20-,21-,22+,23-,25?,29-/m0/s1. The number of amides is 3. The fourth-order valence-electron chi connectivity index (χ4n) is 6.81. The summed E-state index contributed by atoms with van der Waals surface area (Å²) in [4.78, 5) is 47.8. The van der Waals surface area contributed by atoms with Crippen molar-refractivity contribution in [2.75, 3.05) is 31.6 Å². The van der Waals surface area contributed by atoms with E-state index in [1.807, 2.05) is 70.2 Å². The average molecular weight is 524 g/mol. The Balaban J connectivity index is 1.69. The molecule has 1 unspecified atom stereocenters. The molecule has 3 amide bonds. The summed E-state index contributed by atoms with van der Waals surface area (Å²) >= 11 is 1.58. The van der Waals surface area contributed by atoms with Crippen molar-refractivity contribution < 1.29 is 19.5 Å². The monoisotopic (exact) mass is 523 g/mol. The first-order valence-corrected chi connectivity index (χ1v) is 14.1. The van der Waals surface area contributed by atoms with Crippen LogP contribution in [-0.4, -0.2) is 81.5 Å². The van der Waals surface area contributed by atoms with Crippen molar-refractivity contribution in [1.82, 2.24) is 9.80 Å². The molecule has 37 heavy (non-hydrogen) atoms. The maximum atomic E-state index is 14.7. The summed E-state index contributed by atoms with van der Waals surface area (Å²) in [5.41, 5.74) is 2.85. The van der Waals surface area contributed by atoms with Gasteiger partial charge >= 0.3 is 0 Å². The van der Waals surface area contributed by atoms with Crippen LogP contribution < -0.4 is 4.90 Å². The van der Waals surface area contributed by atoms with Crippen molar-refractivity contribution in [2.24, 2.45) is 17.8 Å². The number of thioether (sulfide) groups is 1. The lowest BCUT2D eigenvalue weighted by Crippen LogP contribution is -2.58. The molecule has 1 aromatic rings. The molecule has 0 bridgehead atoms. The summed E-state index contributed by atoms with van der Waals surface area (Å²) in [5, 5.41) is 10.3. The molecule has 0 radical (unpaired) electrons. The van der Waals surface area contributed by atoms with Gasteiger partial charge in [-0.25, -0.2) is 0 Å². The van der Waals surface area contributed by atoms with Crippen molar-refractivity contribution in [3.63, 3.8) is 0 Å². The van der Waals surface area contributed by atoms with E-state index in [9.17, 15) is 19.5 Å². The zero-order chi connectivity index (χ0) is 26.6. The summed E-state index contributed by atoms with van der Waals surface area (Å²) in [6.45, 7) is 8.71. The van der Waals surface area contributed by atoms with Gasteiger partial charge < -0.3 is 19.8 Å². The van der Waals surface area contributed by atoms with Crippen LogP contribution >= 0.6 is 11.8 Å². The van der Waals surface area contributed by atoms with Crippen LogP contribution in [0.5, 0.6) is 0 Å². The van der Waals surface area contributed by atoms with Crippen LogP contribution in [0.1, 0.15) is 31.4 Å². The van der Waals surface area contributed by atoms with Gasteiger partial charge in [0.05, 0.1) is 29.2 Å². The molecule has 4 aliphatic rings. The average Bonchev–Trinajstić information content (AvgIpc) is 3.20. The van der Waals surface area contributed by atoms with Gasteiger partial charge in [-0.15, -0.1) is 11.8 Å². The van der Waals surface area contributed by atoms with Crippen molar-refractivity contribution in [2.45, 2.75) is 56.2 Å². The summed E-state index contributed by atoms with van der Waals surface area (Å²) in [6, 6.07) is 4.66. The molecule has 4 heterocycles. The minimum absolute atomic E-state index is 0.00768. The van der Waals surface area contributed by atoms with Gasteiger partial charge in [0.25, 0.3) is 5.91 Å². The van der Waals surface area contributed by atoms with E-state index in [-0.39, 0.29) is 35.5 Å². The van der Waals surface area contributed by atoms with Crippen LogP contribution in [0.25, 0.3) is 0 Å². The van der Waals surface area contributed by atoms with Crippen molar-refractivity contribution in [3.05, 3.63) is 53.6 Å². The van der Waals surface area contributed by atoms with Crippen LogP contribution in [-0.2, 0) is 14.4 Å². The molecule has 1 N–H and O–H groups in total. The highest BCUT2D eigenvalue weighted by Gasteiger charge is 2.72. The van der Waals surface area contributed by atoms with Crippen LogP contribution in [0.3, 0.4) is 0 Å². The van der Waals surface area contributed by atoms with Gasteiger partial charge in [-0.05, 0) is 30.9 Å². The fourth-order valence-corrected chi connectivity index (χ4v) is 8.80. The highest BCUT2D eigenvalue weighted by molar-refractivity contribution is 8.02. The van der Waals surface area contributed by atoms with Crippen LogP contribution in [0, 0.1) is 31.6 Å². The van der Waals surface area contributed by atoms with Gasteiger partial charge in [0.15, 0.2) is 0 Å². The van der Waals surface area contributed by atoms with Crippen LogP contribution in [0.4, 0.5) is 5.69 Å². The maximum Gasteiger partial charge on any atom is 0.251 e. The van der Waals surface area contributed by atoms with Crippen molar-refractivity contribution in [1.29, 1.82) is 0 Å². The number of nitrogens with zero attached hydrogens (tertiary/aromatic N) is 3. The molecule has 1 spiro atoms. The molecule has 7 nitrogen and oxygen atoms in total. The summed E-state index contributed by atoms with van der Waals surface area (Å²) in [6.07, 6.45) is 8.83. The quantitative estimate of drug-likeness (QED) is 0.601. The fraction of sp³-hybridized carbons (Fsp3) is 0.552. The number of rotatable bonds is 5. The molecule has 1 aromatic carbocycles. The number of hydrogen-bond acceptors (Lipinski definition) is 5. The third-order valence-electron chi connectivity index (χ3n) is 8.85. The first-order chi connectivity index (χ1) is 17.7. The Kier molecular flexibility index (Phi) is 6.77. The SMILES string of the molecule is CC[C@H](C)[C@H](CO)N1C(=O)[C@@H]2[C@@H]3C(=O)N(C)CC=C[C@@H]3S[C@@]23C=CCN(c2c(C)cccc2C)C(=O)C13. The van der Waals surface area contributed by atoms with Gasteiger partial charge in [-0.1, -0.05) is 62.8 Å². The normalized spacial score (nSPS) is 32.7. The van der Waals surface area contributed by atoms with E-state index >= 15 is 0 Å². The van der Waals surface area contributed by atoms with Gasteiger partial charge in [-0.3, -0.25) is 14.4 Å². The van der Waals surface area contributed by atoms with E-state index in [2.05, 4.69) is 0 Å². The third kappa shape index (κ3) is 3.78. The molecule has 4 aliphatic heterocycles. The largest absolute Gasteiger partial charge is 0.394 e. The Bertz CT molecular complexity index is 1160. The van der Waals surface area contributed by atoms with Crippen LogP contribution in [0.15, 0.2) is 42.5 Å². The Morgan fingerprint density at radius 1 is 1.08 bits per heavy atom. The number of aliphatic hydroxyl groups excluding tert-OH is 1. The molecule has 2 fully saturated rings. The van der Waals surface area contributed by atoms with E-state index in [0.29, 0.717) is 13.1 Å². The molecule has 198 valence electrons. The molecule has 8 heteroatoms. The second kappa shape index (κ2) is 9.62. The molecule has 0 saturated carbocycles. The predicted molar refractivity (Wildman–Crippen MR) is 146 cm³/mol. The molecule has 2 saturated heterocycles. The number of aryl methyl sites for hydroxylation is 2. The molecular weight excluding hydrogens is 486 g/mol. The number of fused-ring (bicyclic) bond motifs is 2. The minimum Gasteiger partial charge on any atom is -0.394 e. The Labute approximate surface area is 223 Å². The molecular formula is C29H37N3O4S. The molecule has 0 aliphatic carbocycles. The topological polar surface area (TPSA) is 81.2 Å². The first-order valence-electron chi connectivity index (χ1n) is 13.3. The zero-order valence-electron chi connectivity index (χ0n) is 22.3. The number of hydrogen-bond donors (Lipinski definition) is 1.